The zero-order valence-corrected chi connectivity index (χ0v) is 5.56. The number of rotatable bonds is 2. The molecule has 0 aliphatic rings. The predicted octanol–water partition coefficient (Wildman–Crippen LogP) is 1.36. The van der Waals surface area contributed by atoms with Crippen molar-refractivity contribution in [2.75, 3.05) is 24.7 Å². The van der Waals surface area contributed by atoms with Crippen LogP contribution in [0.3, 0.4) is 0 Å². The van der Waals surface area contributed by atoms with Gasteiger partial charge in [-0.1, -0.05) is 0 Å². The van der Waals surface area contributed by atoms with Gasteiger partial charge in [0.05, 0.1) is 0 Å². The van der Waals surface area contributed by atoms with Gasteiger partial charge in [0.15, 0.2) is 11.8 Å². The molecule has 0 aliphatic heterocycles. The molecule has 0 saturated carbocycles. The Hall–Kier alpha value is -1.12. The minimum atomic E-state index is 0.777. The average Bonchev–Trinajstić information content (AvgIpc) is 2.34. The molecule has 3 nitrogen and oxygen atoms in total. The molecule has 50 valence electrons. The topological polar surface area (TPSA) is 37.2 Å². The zero-order chi connectivity index (χ0) is 6.69. The summed E-state index contributed by atoms with van der Waals surface area (Å²) in [4.78, 5) is 0. The van der Waals surface area contributed by atoms with Gasteiger partial charge in [-0.25, -0.2) is 0 Å². The molecule has 1 aromatic rings. The molecule has 0 amide bonds. The molecule has 3 heteroatoms. The first-order valence-corrected chi connectivity index (χ1v) is 2.82. The van der Waals surface area contributed by atoms with Crippen molar-refractivity contribution in [2.45, 2.75) is 0 Å². The lowest BCUT2D eigenvalue weighted by molar-refractivity contribution is 0.599. The van der Waals surface area contributed by atoms with Gasteiger partial charge in [-0.05, 0) is 0 Å². The summed E-state index contributed by atoms with van der Waals surface area (Å²) >= 11 is 0. The number of furan rings is 1. The first-order valence-electron chi connectivity index (χ1n) is 2.82. The third-order valence-electron chi connectivity index (χ3n) is 1.10. The summed E-state index contributed by atoms with van der Waals surface area (Å²) in [6, 6.07) is 3.73. The van der Waals surface area contributed by atoms with Crippen LogP contribution < -0.4 is 10.6 Å². The van der Waals surface area contributed by atoms with Crippen LogP contribution in [0.1, 0.15) is 0 Å². The number of anilines is 2. The van der Waals surface area contributed by atoms with E-state index in [1.165, 1.54) is 0 Å². The first kappa shape index (κ1) is 6.01. The van der Waals surface area contributed by atoms with Crippen molar-refractivity contribution >= 4 is 11.8 Å². The Morgan fingerprint density at radius 2 is 1.56 bits per heavy atom. The monoisotopic (exact) mass is 126 g/mol. The average molecular weight is 126 g/mol. The van der Waals surface area contributed by atoms with Gasteiger partial charge >= 0.3 is 0 Å². The molecule has 9 heavy (non-hydrogen) atoms. The third-order valence-corrected chi connectivity index (χ3v) is 1.10. The Balaban J connectivity index is 2.74. The van der Waals surface area contributed by atoms with Crippen molar-refractivity contribution < 1.29 is 4.42 Å². The highest BCUT2D eigenvalue weighted by atomic mass is 16.4. The summed E-state index contributed by atoms with van der Waals surface area (Å²) in [7, 11) is 3.64. The fourth-order valence-electron chi connectivity index (χ4n) is 0.607. The van der Waals surface area contributed by atoms with Gasteiger partial charge in [-0.3, -0.25) is 0 Å². The van der Waals surface area contributed by atoms with E-state index in [0.717, 1.165) is 11.8 Å². The van der Waals surface area contributed by atoms with Crippen molar-refractivity contribution in [3.8, 4) is 0 Å². The van der Waals surface area contributed by atoms with Gasteiger partial charge in [0.1, 0.15) is 0 Å². The van der Waals surface area contributed by atoms with E-state index >= 15 is 0 Å². The molecule has 0 fully saturated rings. The number of hydrogen-bond donors (Lipinski definition) is 2. The fraction of sp³-hybridized carbons (Fsp3) is 0.333. The normalized spacial score (nSPS) is 9.11. The Bertz CT molecular complexity index is 164. The highest BCUT2D eigenvalue weighted by molar-refractivity contribution is 5.41. The highest BCUT2D eigenvalue weighted by Crippen LogP contribution is 2.15. The van der Waals surface area contributed by atoms with Crippen LogP contribution >= 0.6 is 0 Å². The predicted molar refractivity (Wildman–Crippen MR) is 37.8 cm³/mol. The highest BCUT2D eigenvalue weighted by Gasteiger charge is 1.93. The fourth-order valence-corrected chi connectivity index (χ4v) is 0.607. The molecular formula is C6H10N2O. The molecule has 0 atom stereocenters. The second-order valence-corrected chi connectivity index (χ2v) is 1.66. The van der Waals surface area contributed by atoms with Crippen LogP contribution in [0.15, 0.2) is 16.5 Å². The van der Waals surface area contributed by atoms with Crippen molar-refractivity contribution in [1.82, 2.24) is 0 Å². The Kier molecular flexibility index (Phi) is 1.63. The van der Waals surface area contributed by atoms with Gasteiger partial charge in [-0.2, -0.15) is 0 Å². The van der Waals surface area contributed by atoms with E-state index in [2.05, 4.69) is 10.6 Å². The van der Waals surface area contributed by atoms with E-state index in [-0.39, 0.29) is 0 Å². The molecule has 1 rings (SSSR count). The van der Waals surface area contributed by atoms with Crippen LogP contribution in [-0.2, 0) is 0 Å². The summed E-state index contributed by atoms with van der Waals surface area (Å²) in [5, 5.41) is 5.75. The molecule has 0 unspecified atom stereocenters. The van der Waals surface area contributed by atoms with Crippen LogP contribution in [-0.4, -0.2) is 14.1 Å². The molecule has 2 N–H and O–H groups in total. The lowest BCUT2D eigenvalue weighted by Crippen LogP contribution is -1.84. The third kappa shape index (κ3) is 1.16. The maximum absolute atomic E-state index is 5.16. The SMILES string of the molecule is CNc1ccc(NC)o1. The van der Waals surface area contributed by atoms with E-state index in [1.54, 1.807) is 0 Å². The van der Waals surface area contributed by atoms with Crippen molar-refractivity contribution in [1.29, 1.82) is 0 Å². The molecular weight excluding hydrogens is 116 g/mol. The summed E-state index contributed by atoms with van der Waals surface area (Å²) < 4.78 is 5.16. The molecule has 0 spiro atoms. The number of hydrogen-bond acceptors (Lipinski definition) is 3. The molecule has 0 radical (unpaired) electrons. The quantitative estimate of drug-likeness (QED) is 0.628. The summed E-state index contributed by atoms with van der Waals surface area (Å²) in [5.41, 5.74) is 0. The maximum Gasteiger partial charge on any atom is 0.195 e. The second-order valence-electron chi connectivity index (χ2n) is 1.66. The van der Waals surface area contributed by atoms with Gasteiger partial charge in [0, 0.05) is 26.2 Å². The van der Waals surface area contributed by atoms with Crippen LogP contribution in [0.25, 0.3) is 0 Å². The molecule has 1 heterocycles. The maximum atomic E-state index is 5.16. The van der Waals surface area contributed by atoms with E-state index in [9.17, 15) is 0 Å². The first-order chi connectivity index (χ1) is 4.36. The molecule has 0 bridgehead atoms. The lowest BCUT2D eigenvalue weighted by atomic mass is 10.6. The van der Waals surface area contributed by atoms with E-state index in [1.807, 2.05) is 26.2 Å². The molecule has 0 aliphatic carbocycles. The smallest absolute Gasteiger partial charge is 0.195 e. The van der Waals surface area contributed by atoms with Gasteiger partial charge in [0.25, 0.3) is 0 Å². The van der Waals surface area contributed by atoms with Crippen LogP contribution in [0.4, 0.5) is 11.8 Å². The molecule has 1 aromatic heterocycles. The zero-order valence-electron chi connectivity index (χ0n) is 5.56. The van der Waals surface area contributed by atoms with Crippen LogP contribution in [0, 0.1) is 0 Å². The van der Waals surface area contributed by atoms with E-state index in [0.29, 0.717) is 0 Å². The van der Waals surface area contributed by atoms with Crippen LogP contribution in [0.2, 0.25) is 0 Å². The minimum Gasteiger partial charge on any atom is -0.425 e. The second kappa shape index (κ2) is 2.44. The Morgan fingerprint density at radius 1 is 1.11 bits per heavy atom. The lowest BCUT2D eigenvalue weighted by Gasteiger charge is -1.91. The minimum absolute atomic E-state index is 0.777. The summed E-state index contributed by atoms with van der Waals surface area (Å²) in [5.74, 6) is 1.55. The largest absolute Gasteiger partial charge is 0.425 e. The standard InChI is InChI=1S/C6H10N2O/c1-7-5-3-4-6(8-2)9-5/h3-4,7-8H,1-2H3. The Morgan fingerprint density at radius 3 is 1.78 bits per heavy atom. The van der Waals surface area contributed by atoms with Crippen molar-refractivity contribution in [3.05, 3.63) is 12.1 Å². The molecule has 0 saturated heterocycles. The van der Waals surface area contributed by atoms with E-state index < -0.39 is 0 Å². The van der Waals surface area contributed by atoms with Crippen LogP contribution in [0.5, 0.6) is 0 Å². The summed E-state index contributed by atoms with van der Waals surface area (Å²) in [6.07, 6.45) is 0. The summed E-state index contributed by atoms with van der Waals surface area (Å²) in [6.45, 7) is 0. The van der Waals surface area contributed by atoms with Gasteiger partial charge in [-0.15, -0.1) is 0 Å². The van der Waals surface area contributed by atoms with Crippen molar-refractivity contribution in [2.24, 2.45) is 0 Å². The number of nitrogens with one attached hydrogen (secondary N) is 2. The van der Waals surface area contributed by atoms with Crippen molar-refractivity contribution in [3.63, 3.8) is 0 Å². The van der Waals surface area contributed by atoms with E-state index in [4.69, 9.17) is 4.42 Å². The molecule has 0 aromatic carbocycles. The van der Waals surface area contributed by atoms with Gasteiger partial charge in [0.2, 0.25) is 0 Å². The Labute approximate surface area is 54.1 Å². The van der Waals surface area contributed by atoms with Gasteiger partial charge < -0.3 is 15.1 Å².